The molecular formula is C11H13FN2O3. The lowest BCUT2D eigenvalue weighted by atomic mass is 10.1. The Bertz CT molecular complexity index is 435. The van der Waals surface area contributed by atoms with Gasteiger partial charge in [0, 0.05) is 5.56 Å². The molecule has 0 aliphatic carbocycles. The quantitative estimate of drug-likeness (QED) is 0.769. The lowest BCUT2D eigenvalue weighted by molar-refractivity contribution is 0.0936. The summed E-state index contributed by atoms with van der Waals surface area (Å²) in [4.78, 5) is 21.8. The van der Waals surface area contributed by atoms with Gasteiger partial charge >= 0.3 is 6.09 Å². The van der Waals surface area contributed by atoms with E-state index in [9.17, 15) is 14.0 Å². The van der Waals surface area contributed by atoms with Crippen LogP contribution < -0.4 is 11.1 Å². The summed E-state index contributed by atoms with van der Waals surface area (Å²) in [7, 11) is 0. The zero-order valence-electron chi connectivity index (χ0n) is 9.33. The first-order chi connectivity index (χ1) is 8.00. The van der Waals surface area contributed by atoms with Crippen molar-refractivity contribution in [1.29, 1.82) is 0 Å². The predicted octanol–water partition coefficient (Wildman–Crippen LogP) is 0.959. The van der Waals surface area contributed by atoms with Gasteiger partial charge in [0.25, 0.3) is 5.91 Å². The third-order valence-electron chi connectivity index (χ3n) is 2.05. The van der Waals surface area contributed by atoms with Crippen molar-refractivity contribution in [2.24, 2.45) is 5.73 Å². The summed E-state index contributed by atoms with van der Waals surface area (Å²) >= 11 is 0. The van der Waals surface area contributed by atoms with Gasteiger partial charge in [-0.05, 0) is 30.7 Å². The minimum absolute atomic E-state index is 0.00124. The van der Waals surface area contributed by atoms with Crippen molar-refractivity contribution in [3.8, 4) is 0 Å². The number of carbonyl (C=O) groups is 2. The SMILES string of the molecule is Cc1cc(C(=O)NCCOC(N)=O)ccc1F. The molecule has 5 nitrogen and oxygen atoms in total. The van der Waals surface area contributed by atoms with Crippen LogP contribution in [0.2, 0.25) is 0 Å². The molecule has 92 valence electrons. The van der Waals surface area contributed by atoms with E-state index in [1.807, 2.05) is 0 Å². The van der Waals surface area contributed by atoms with Gasteiger partial charge in [0.1, 0.15) is 12.4 Å². The van der Waals surface area contributed by atoms with E-state index in [-0.39, 0.29) is 24.9 Å². The molecule has 0 spiro atoms. The first kappa shape index (κ1) is 13.0. The van der Waals surface area contributed by atoms with Gasteiger partial charge in [0.15, 0.2) is 0 Å². The molecule has 0 atom stereocenters. The summed E-state index contributed by atoms with van der Waals surface area (Å²) in [6.07, 6.45) is -0.892. The summed E-state index contributed by atoms with van der Waals surface area (Å²) in [5.41, 5.74) is 5.49. The topological polar surface area (TPSA) is 81.4 Å². The van der Waals surface area contributed by atoms with E-state index < -0.39 is 6.09 Å². The molecule has 17 heavy (non-hydrogen) atoms. The molecule has 0 heterocycles. The van der Waals surface area contributed by atoms with Crippen LogP contribution in [-0.4, -0.2) is 25.2 Å². The Morgan fingerprint density at radius 3 is 2.76 bits per heavy atom. The third-order valence-corrected chi connectivity index (χ3v) is 2.05. The van der Waals surface area contributed by atoms with E-state index in [0.717, 1.165) is 0 Å². The lowest BCUT2D eigenvalue weighted by Crippen LogP contribution is -2.29. The molecule has 1 aromatic carbocycles. The van der Waals surface area contributed by atoms with Crippen LogP contribution in [0.15, 0.2) is 18.2 Å². The Morgan fingerprint density at radius 2 is 2.18 bits per heavy atom. The number of aryl methyl sites for hydroxylation is 1. The zero-order chi connectivity index (χ0) is 12.8. The van der Waals surface area contributed by atoms with Crippen LogP contribution in [0.5, 0.6) is 0 Å². The van der Waals surface area contributed by atoms with Gasteiger partial charge in [0.05, 0.1) is 6.54 Å². The highest BCUT2D eigenvalue weighted by molar-refractivity contribution is 5.94. The molecule has 0 fully saturated rings. The molecule has 0 saturated heterocycles. The van der Waals surface area contributed by atoms with Gasteiger partial charge in [-0.1, -0.05) is 0 Å². The van der Waals surface area contributed by atoms with E-state index in [2.05, 4.69) is 10.1 Å². The molecule has 1 aromatic rings. The lowest BCUT2D eigenvalue weighted by Gasteiger charge is -2.06. The maximum absolute atomic E-state index is 13.0. The molecule has 0 aliphatic heterocycles. The Morgan fingerprint density at radius 1 is 1.47 bits per heavy atom. The summed E-state index contributed by atoms with van der Waals surface area (Å²) in [6, 6.07) is 4.05. The van der Waals surface area contributed by atoms with Crippen LogP contribution in [0.25, 0.3) is 0 Å². The number of halogens is 1. The highest BCUT2D eigenvalue weighted by Crippen LogP contribution is 2.08. The predicted molar refractivity (Wildman–Crippen MR) is 59.0 cm³/mol. The van der Waals surface area contributed by atoms with E-state index in [1.54, 1.807) is 6.92 Å². The number of benzene rings is 1. The largest absolute Gasteiger partial charge is 0.448 e. The maximum Gasteiger partial charge on any atom is 0.404 e. The normalized spacial score (nSPS) is 9.76. The summed E-state index contributed by atoms with van der Waals surface area (Å²) in [6.45, 7) is 1.72. The van der Waals surface area contributed by atoms with Crippen molar-refractivity contribution in [1.82, 2.24) is 5.32 Å². The molecule has 2 amide bonds. The smallest absolute Gasteiger partial charge is 0.404 e. The third kappa shape index (κ3) is 4.10. The molecular weight excluding hydrogens is 227 g/mol. The monoisotopic (exact) mass is 240 g/mol. The highest BCUT2D eigenvalue weighted by Gasteiger charge is 2.07. The fourth-order valence-corrected chi connectivity index (χ4v) is 1.20. The number of hydrogen-bond donors (Lipinski definition) is 2. The van der Waals surface area contributed by atoms with Crippen molar-refractivity contribution < 1.29 is 18.7 Å². The fourth-order valence-electron chi connectivity index (χ4n) is 1.20. The van der Waals surface area contributed by atoms with Crippen molar-refractivity contribution >= 4 is 12.0 Å². The second-order valence-electron chi connectivity index (χ2n) is 3.39. The van der Waals surface area contributed by atoms with E-state index in [1.165, 1.54) is 18.2 Å². The van der Waals surface area contributed by atoms with Crippen molar-refractivity contribution in [3.05, 3.63) is 35.1 Å². The number of carbonyl (C=O) groups excluding carboxylic acids is 2. The number of nitrogens with one attached hydrogen (secondary N) is 1. The van der Waals surface area contributed by atoms with Crippen molar-refractivity contribution in [3.63, 3.8) is 0 Å². The molecule has 0 saturated carbocycles. The molecule has 0 aromatic heterocycles. The number of ether oxygens (including phenoxy) is 1. The average Bonchev–Trinajstić information content (AvgIpc) is 2.27. The Kier molecular flexibility index (Phi) is 4.45. The van der Waals surface area contributed by atoms with Crippen molar-refractivity contribution in [2.75, 3.05) is 13.2 Å². The van der Waals surface area contributed by atoms with E-state index in [0.29, 0.717) is 11.1 Å². The number of rotatable bonds is 4. The number of amides is 2. The number of hydrogen-bond acceptors (Lipinski definition) is 3. The Labute approximate surface area is 97.7 Å². The standard InChI is InChI=1S/C11H13FN2O3/c1-7-6-8(2-3-9(7)12)10(15)14-4-5-17-11(13)16/h2-3,6H,4-5H2,1H3,(H2,13,16)(H,14,15). The Hall–Kier alpha value is -2.11. The maximum atomic E-state index is 13.0. The number of nitrogens with two attached hydrogens (primary N) is 1. The van der Waals surface area contributed by atoms with Crippen LogP contribution in [0.3, 0.4) is 0 Å². The van der Waals surface area contributed by atoms with Gasteiger partial charge in [-0.2, -0.15) is 0 Å². The van der Waals surface area contributed by atoms with Gasteiger partial charge in [-0.25, -0.2) is 9.18 Å². The van der Waals surface area contributed by atoms with Crippen molar-refractivity contribution in [2.45, 2.75) is 6.92 Å². The molecule has 1 rings (SSSR count). The van der Waals surface area contributed by atoms with E-state index >= 15 is 0 Å². The fraction of sp³-hybridized carbons (Fsp3) is 0.273. The van der Waals surface area contributed by atoms with Crippen LogP contribution in [0.4, 0.5) is 9.18 Å². The van der Waals surface area contributed by atoms with E-state index in [4.69, 9.17) is 5.73 Å². The van der Waals surface area contributed by atoms with Gasteiger partial charge in [-0.3, -0.25) is 4.79 Å². The van der Waals surface area contributed by atoms with Gasteiger partial charge in [0.2, 0.25) is 0 Å². The molecule has 0 aliphatic rings. The number of primary amides is 1. The van der Waals surface area contributed by atoms with Gasteiger partial charge in [-0.15, -0.1) is 0 Å². The van der Waals surface area contributed by atoms with Crippen LogP contribution in [-0.2, 0) is 4.74 Å². The summed E-state index contributed by atoms with van der Waals surface area (Å²) in [5, 5.41) is 2.51. The average molecular weight is 240 g/mol. The second-order valence-corrected chi connectivity index (χ2v) is 3.39. The van der Waals surface area contributed by atoms with Gasteiger partial charge < -0.3 is 15.8 Å². The Balaban J connectivity index is 2.47. The first-order valence-electron chi connectivity index (χ1n) is 4.97. The van der Waals surface area contributed by atoms with Crippen LogP contribution in [0, 0.1) is 12.7 Å². The van der Waals surface area contributed by atoms with Crippen LogP contribution >= 0.6 is 0 Å². The molecule has 0 bridgehead atoms. The molecule has 0 radical (unpaired) electrons. The second kappa shape index (κ2) is 5.83. The molecule has 0 unspecified atom stereocenters. The summed E-state index contributed by atoms with van der Waals surface area (Å²) in [5.74, 6) is -0.722. The first-order valence-corrected chi connectivity index (χ1v) is 4.97. The minimum atomic E-state index is -0.892. The van der Waals surface area contributed by atoms with Crippen LogP contribution in [0.1, 0.15) is 15.9 Å². The zero-order valence-corrected chi connectivity index (χ0v) is 9.33. The minimum Gasteiger partial charge on any atom is -0.448 e. The highest BCUT2D eigenvalue weighted by atomic mass is 19.1. The molecule has 3 N–H and O–H groups in total. The summed E-state index contributed by atoms with van der Waals surface area (Å²) < 4.78 is 17.4. The molecule has 6 heteroatoms.